The smallest absolute Gasteiger partial charge is 0.303 e. The molecule has 0 saturated carbocycles. The van der Waals surface area contributed by atoms with Crippen LogP contribution in [-0.4, -0.2) is 19.2 Å². The van der Waals surface area contributed by atoms with Gasteiger partial charge in [-0.2, -0.15) is 0 Å². The molecule has 0 fully saturated rings. The van der Waals surface area contributed by atoms with Gasteiger partial charge in [0.05, 0.1) is 6.61 Å². The topological polar surface area (TPSA) is 35.5 Å². The molecule has 0 aromatic heterocycles. The highest BCUT2D eigenvalue weighted by Crippen LogP contribution is 1.99. The molecule has 3 heteroatoms. The molecule has 1 rings (SSSR count). The molecule has 0 unspecified atom stereocenters. The van der Waals surface area contributed by atoms with Crippen molar-refractivity contribution in [2.75, 3.05) is 13.2 Å². The van der Waals surface area contributed by atoms with E-state index in [2.05, 4.69) is 16.6 Å². The van der Waals surface area contributed by atoms with E-state index in [4.69, 9.17) is 4.74 Å². The third kappa shape index (κ3) is 5.84. The van der Waals surface area contributed by atoms with Crippen molar-refractivity contribution in [2.24, 2.45) is 0 Å². The fourth-order valence-electron chi connectivity index (χ4n) is 1.03. The minimum absolute atomic E-state index is 0.129. The summed E-state index contributed by atoms with van der Waals surface area (Å²) in [6, 6.07) is 9.87. The van der Waals surface area contributed by atoms with Crippen LogP contribution in [-0.2, 0) is 20.9 Å². The molecule has 0 spiro atoms. The summed E-state index contributed by atoms with van der Waals surface area (Å²) >= 11 is 0. The molecule has 1 aromatic rings. The quantitative estimate of drug-likeness (QED) is 0.439. The maximum Gasteiger partial charge on any atom is 0.303 e. The summed E-state index contributed by atoms with van der Waals surface area (Å²) in [7, 11) is 0. The Hall–Kier alpha value is -1.79. The number of carbonyl (C=O) groups excluding carboxylic acids is 1. The lowest BCUT2D eigenvalue weighted by atomic mass is 10.2. The minimum Gasteiger partial charge on any atom is -0.453 e. The molecule has 0 saturated heterocycles. The first kappa shape index (κ1) is 12.3. The average molecular weight is 218 g/mol. The molecule has 3 nitrogen and oxygen atoms in total. The Kier molecular flexibility index (Phi) is 5.75. The largest absolute Gasteiger partial charge is 0.453 e. The van der Waals surface area contributed by atoms with Gasteiger partial charge in [-0.3, -0.25) is 4.79 Å². The van der Waals surface area contributed by atoms with E-state index >= 15 is 0 Å². The highest BCUT2D eigenvalue weighted by Gasteiger charge is 1.89. The van der Waals surface area contributed by atoms with Crippen LogP contribution < -0.4 is 0 Å². The van der Waals surface area contributed by atoms with Crippen molar-refractivity contribution in [3.05, 3.63) is 35.9 Å². The molecular formula is C13H14O3. The van der Waals surface area contributed by atoms with Crippen molar-refractivity contribution in [1.29, 1.82) is 0 Å². The Labute approximate surface area is 95.4 Å². The van der Waals surface area contributed by atoms with Crippen LogP contribution in [0.3, 0.4) is 0 Å². The van der Waals surface area contributed by atoms with Gasteiger partial charge in [-0.05, 0) is 5.56 Å². The van der Waals surface area contributed by atoms with Crippen molar-refractivity contribution in [1.82, 2.24) is 0 Å². The number of hydrogen-bond donors (Lipinski definition) is 0. The van der Waals surface area contributed by atoms with Crippen LogP contribution in [0.15, 0.2) is 30.3 Å². The zero-order valence-corrected chi connectivity index (χ0v) is 9.23. The SMILES string of the molecule is CC(=O)OCC#CCOCc1ccccc1. The van der Waals surface area contributed by atoms with E-state index in [1.54, 1.807) is 0 Å². The summed E-state index contributed by atoms with van der Waals surface area (Å²) < 4.78 is 9.95. The second kappa shape index (κ2) is 7.49. The van der Waals surface area contributed by atoms with Crippen LogP contribution >= 0.6 is 0 Å². The molecule has 0 aliphatic rings. The van der Waals surface area contributed by atoms with Crippen LogP contribution in [0.1, 0.15) is 12.5 Å². The van der Waals surface area contributed by atoms with Gasteiger partial charge in [-0.25, -0.2) is 0 Å². The molecule has 1 aromatic carbocycles. The first-order chi connectivity index (χ1) is 7.79. The normalized spacial score (nSPS) is 9.06. The van der Waals surface area contributed by atoms with Crippen LogP contribution in [0, 0.1) is 11.8 Å². The number of hydrogen-bond acceptors (Lipinski definition) is 3. The standard InChI is InChI=1S/C13H14O3/c1-12(14)16-10-6-5-9-15-11-13-7-3-2-4-8-13/h2-4,7-8H,9-11H2,1H3. The first-order valence-electron chi connectivity index (χ1n) is 5.00. The van der Waals surface area contributed by atoms with Gasteiger partial charge in [-0.1, -0.05) is 42.2 Å². The highest BCUT2D eigenvalue weighted by molar-refractivity contribution is 5.66. The molecule has 0 aliphatic heterocycles. The Morgan fingerprint density at radius 1 is 1.19 bits per heavy atom. The van der Waals surface area contributed by atoms with E-state index in [0.717, 1.165) is 5.56 Å². The molecule has 0 heterocycles. The second-order valence-electron chi connectivity index (χ2n) is 3.11. The zero-order chi connectivity index (χ0) is 11.6. The van der Waals surface area contributed by atoms with E-state index in [1.165, 1.54) is 6.92 Å². The first-order valence-corrected chi connectivity index (χ1v) is 5.00. The predicted octanol–water partition coefficient (Wildman–Crippen LogP) is 1.77. The second-order valence-corrected chi connectivity index (χ2v) is 3.11. The fourth-order valence-corrected chi connectivity index (χ4v) is 1.03. The average Bonchev–Trinajstić information content (AvgIpc) is 2.29. The van der Waals surface area contributed by atoms with Gasteiger partial charge in [-0.15, -0.1) is 0 Å². The Morgan fingerprint density at radius 2 is 1.88 bits per heavy atom. The lowest BCUT2D eigenvalue weighted by molar-refractivity contribution is -0.139. The molecule has 0 aliphatic carbocycles. The van der Waals surface area contributed by atoms with E-state index in [1.807, 2.05) is 30.3 Å². The molecule has 0 atom stereocenters. The summed E-state index contributed by atoms with van der Waals surface area (Å²) in [5, 5.41) is 0. The maximum absolute atomic E-state index is 10.4. The molecule has 0 amide bonds. The van der Waals surface area contributed by atoms with E-state index in [9.17, 15) is 4.79 Å². The summed E-state index contributed by atoms with van der Waals surface area (Å²) in [6.45, 7) is 2.37. The van der Waals surface area contributed by atoms with E-state index in [-0.39, 0.29) is 12.6 Å². The van der Waals surface area contributed by atoms with Crippen molar-refractivity contribution in [3.63, 3.8) is 0 Å². The number of esters is 1. The van der Waals surface area contributed by atoms with Crippen LogP contribution in [0.5, 0.6) is 0 Å². The Bertz CT molecular complexity index is 373. The van der Waals surface area contributed by atoms with E-state index < -0.39 is 0 Å². The van der Waals surface area contributed by atoms with Crippen molar-refractivity contribution in [3.8, 4) is 11.8 Å². The van der Waals surface area contributed by atoms with Gasteiger partial charge in [0.2, 0.25) is 0 Å². The number of ether oxygens (including phenoxy) is 2. The Morgan fingerprint density at radius 3 is 2.56 bits per heavy atom. The van der Waals surface area contributed by atoms with Crippen LogP contribution in [0.25, 0.3) is 0 Å². The lowest BCUT2D eigenvalue weighted by Gasteiger charge is -1.99. The molecule has 0 radical (unpaired) electrons. The molecule has 0 bridgehead atoms. The zero-order valence-electron chi connectivity index (χ0n) is 9.23. The molecule has 0 N–H and O–H groups in total. The van der Waals surface area contributed by atoms with Gasteiger partial charge < -0.3 is 9.47 Å². The van der Waals surface area contributed by atoms with Crippen molar-refractivity contribution < 1.29 is 14.3 Å². The maximum atomic E-state index is 10.4. The van der Waals surface area contributed by atoms with E-state index in [0.29, 0.717) is 13.2 Å². The monoisotopic (exact) mass is 218 g/mol. The third-order valence-electron chi connectivity index (χ3n) is 1.76. The van der Waals surface area contributed by atoms with Crippen molar-refractivity contribution in [2.45, 2.75) is 13.5 Å². The lowest BCUT2D eigenvalue weighted by Crippen LogP contribution is -1.98. The van der Waals surface area contributed by atoms with Crippen molar-refractivity contribution >= 4 is 5.97 Å². The molecule has 16 heavy (non-hydrogen) atoms. The van der Waals surface area contributed by atoms with Gasteiger partial charge >= 0.3 is 5.97 Å². The van der Waals surface area contributed by atoms with Gasteiger partial charge in [0.1, 0.15) is 6.61 Å². The fraction of sp³-hybridized carbons (Fsp3) is 0.308. The number of carbonyl (C=O) groups is 1. The summed E-state index contributed by atoms with van der Waals surface area (Å²) in [4.78, 5) is 10.4. The van der Waals surface area contributed by atoms with Gasteiger partial charge in [0.25, 0.3) is 0 Å². The summed E-state index contributed by atoms with van der Waals surface area (Å²) in [6.07, 6.45) is 0. The predicted molar refractivity (Wildman–Crippen MR) is 60.5 cm³/mol. The minimum atomic E-state index is -0.320. The van der Waals surface area contributed by atoms with Gasteiger partial charge in [0.15, 0.2) is 6.61 Å². The van der Waals surface area contributed by atoms with Crippen LogP contribution in [0.2, 0.25) is 0 Å². The summed E-state index contributed by atoms with van der Waals surface area (Å²) in [5.41, 5.74) is 1.12. The molecular weight excluding hydrogens is 204 g/mol. The number of benzene rings is 1. The highest BCUT2D eigenvalue weighted by atomic mass is 16.5. The molecule has 84 valence electrons. The number of rotatable bonds is 4. The third-order valence-corrected chi connectivity index (χ3v) is 1.76. The van der Waals surface area contributed by atoms with Crippen LogP contribution in [0.4, 0.5) is 0 Å². The summed E-state index contributed by atoms with van der Waals surface area (Å²) in [5.74, 6) is 5.13. The Balaban J connectivity index is 2.10. The van der Waals surface area contributed by atoms with Gasteiger partial charge in [0, 0.05) is 6.92 Å².